The number of rotatable bonds is 5. The molecule has 0 atom stereocenters. The van der Waals surface area contributed by atoms with Gasteiger partial charge in [-0.05, 0) is 38.8 Å². The van der Waals surface area contributed by atoms with Crippen molar-refractivity contribution in [2.75, 3.05) is 19.6 Å². The zero-order valence-corrected chi connectivity index (χ0v) is 12.4. The van der Waals surface area contributed by atoms with Crippen LogP contribution in [0.5, 0.6) is 0 Å². The third-order valence-corrected chi connectivity index (χ3v) is 3.95. The molecule has 120 valence electrons. The molecule has 0 bridgehead atoms. The summed E-state index contributed by atoms with van der Waals surface area (Å²) in [7, 11) is 0. The predicted molar refractivity (Wildman–Crippen MR) is 75.5 cm³/mol. The summed E-state index contributed by atoms with van der Waals surface area (Å²) in [4.78, 5) is 13.4. The summed E-state index contributed by atoms with van der Waals surface area (Å²) in [6.45, 7) is 3.18. The fourth-order valence-electron chi connectivity index (χ4n) is 2.78. The molecule has 6 nitrogen and oxygen atoms in total. The summed E-state index contributed by atoms with van der Waals surface area (Å²) in [5, 5.41) is 3.93. The zero-order valence-electron chi connectivity index (χ0n) is 12.4. The second-order valence-electron chi connectivity index (χ2n) is 5.77. The summed E-state index contributed by atoms with van der Waals surface area (Å²) in [6.07, 6.45) is 1.90. The number of alkyl halides is 2. The van der Waals surface area contributed by atoms with Crippen molar-refractivity contribution in [2.45, 2.75) is 32.6 Å². The van der Waals surface area contributed by atoms with E-state index in [0.717, 1.165) is 18.5 Å². The van der Waals surface area contributed by atoms with Crippen LogP contribution < -0.4 is 0 Å². The Labute approximate surface area is 126 Å². The van der Waals surface area contributed by atoms with Gasteiger partial charge < -0.3 is 9.51 Å². The Kier molecular flexibility index (Phi) is 4.47. The van der Waals surface area contributed by atoms with E-state index in [1.807, 2.05) is 11.8 Å². The SMILES string of the molecule is Cc1cnc(-c2noc(CC3CCN(CC(F)F)CC3)n2)[nH]1. The summed E-state index contributed by atoms with van der Waals surface area (Å²) >= 11 is 0. The van der Waals surface area contributed by atoms with Crippen LogP contribution in [0, 0.1) is 12.8 Å². The van der Waals surface area contributed by atoms with Crippen LogP contribution in [0.1, 0.15) is 24.4 Å². The summed E-state index contributed by atoms with van der Waals surface area (Å²) in [5.41, 5.74) is 0.938. The second-order valence-corrected chi connectivity index (χ2v) is 5.77. The first-order valence-corrected chi connectivity index (χ1v) is 7.45. The molecule has 2 aromatic heterocycles. The van der Waals surface area contributed by atoms with E-state index in [0.29, 0.717) is 43.0 Å². The molecule has 22 heavy (non-hydrogen) atoms. The topological polar surface area (TPSA) is 70.8 Å². The first-order chi connectivity index (χ1) is 10.6. The van der Waals surface area contributed by atoms with Gasteiger partial charge in [0.25, 0.3) is 6.43 Å². The molecule has 0 saturated carbocycles. The Balaban J connectivity index is 1.53. The minimum Gasteiger partial charge on any atom is -0.339 e. The van der Waals surface area contributed by atoms with E-state index >= 15 is 0 Å². The van der Waals surface area contributed by atoms with Gasteiger partial charge in [-0.25, -0.2) is 13.8 Å². The van der Waals surface area contributed by atoms with Crippen molar-refractivity contribution in [3.63, 3.8) is 0 Å². The third-order valence-electron chi connectivity index (χ3n) is 3.95. The Morgan fingerprint density at radius 3 is 2.82 bits per heavy atom. The summed E-state index contributed by atoms with van der Waals surface area (Å²) < 4.78 is 30.0. The highest BCUT2D eigenvalue weighted by molar-refractivity contribution is 5.41. The zero-order chi connectivity index (χ0) is 15.5. The van der Waals surface area contributed by atoms with Gasteiger partial charge >= 0.3 is 0 Å². The number of H-pyrrole nitrogens is 1. The summed E-state index contributed by atoms with van der Waals surface area (Å²) in [5.74, 6) is 2.04. The molecule has 1 saturated heterocycles. The van der Waals surface area contributed by atoms with E-state index in [2.05, 4.69) is 20.1 Å². The van der Waals surface area contributed by atoms with Gasteiger partial charge in [0.1, 0.15) is 0 Å². The van der Waals surface area contributed by atoms with Crippen LogP contribution in [0.3, 0.4) is 0 Å². The van der Waals surface area contributed by atoms with Crippen LogP contribution in [0.2, 0.25) is 0 Å². The van der Waals surface area contributed by atoms with Crippen molar-refractivity contribution in [1.29, 1.82) is 0 Å². The first-order valence-electron chi connectivity index (χ1n) is 7.45. The minimum atomic E-state index is -2.26. The average Bonchev–Trinajstić information content (AvgIpc) is 3.09. The van der Waals surface area contributed by atoms with Crippen molar-refractivity contribution in [3.05, 3.63) is 17.8 Å². The molecular weight excluding hydrogens is 292 g/mol. The van der Waals surface area contributed by atoms with Crippen molar-refractivity contribution in [3.8, 4) is 11.6 Å². The number of likely N-dealkylation sites (tertiary alicyclic amines) is 1. The lowest BCUT2D eigenvalue weighted by molar-refractivity contribution is 0.0681. The number of imidazole rings is 1. The van der Waals surface area contributed by atoms with Gasteiger partial charge in [0.2, 0.25) is 11.7 Å². The third kappa shape index (κ3) is 3.68. The Bertz CT molecular complexity index is 604. The molecule has 2 aromatic rings. The Hall–Kier alpha value is -1.83. The van der Waals surface area contributed by atoms with E-state index in [1.54, 1.807) is 6.20 Å². The van der Waals surface area contributed by atoms with Gasteiger partial charge in [0, 0.05) is 18.3 Å². The molecule has 0 spiro atoms. The van der Waals surface area contributed by atoms with Crippen LogP contribution in [-0.2, 0) is 6.42 Å². The standard InChI is InChI=1S/C14H19F2N5O/c1-9-7-17-13(18-9)14-19-12(22-20-14)6-10-2-4-21(5-3-10)8-11(15)16/h7,10-11H,2-6,8H2,1H3,(H,17,18). The number of nitrogens with one attached hydrogen (secondary N) is 1. The first kappa shape index (κ1) is 15.1. The molecule has 3 rings (SSSR count). The summed E-state index contributed by atoms with van der Waals surface area (Å²) in [6, 6.07) is 0. The molecule has 0 unspecified atom stereocenters. The minimum absolute atomic E-state index is 0.130. The fourth-order valence-corrected chi connectivity index (χ4v) is 2.78. The number of hydrogen-bond acceptors (Lipinski definition) is 5. The van der Waals surface area contributed by atoms with Crippen LogP contribution in [-0.4, -0.2) is 51.1 Å². The van der Waals surface area contributed by atoms with Gasteiger partial charge in [-0.2, -0.15) is 4.98 Å². The van der Waals surface area contributed by atoms with Crippen molar-refractivity contribution >= 4 is 0 Å². The number of piperidine rings is 1. The van der Waals surface area contributed by atoms with Crippen molar-refractivity contribution < 1.29 is 13.3 Å². The maximum atomic E-state index is 12.3. The number of aromatic nitrogens is 4. The normalized spacial score (nSPS) is 17.5. The maximum Gasteiger partial charge on any atom is 0.251 e. The molecule has 0 aromatic carbocycles. The number of hydrogen-bond donors (Lipinski definition) is 1. The maximum absolute atomic E-state index is 12.3. The molecule has 1 fully saturated rings. The van der Waals surface area contributed by atoms with Crippen molar-refractivity contribution in [1.82, 2.24) is 25.0 Å². The molecule has 0 amide bonds. The van der Waals surface area contributed by atoms with Gasteiger partial charge in [-0.3, -0.25) is 4.90 Å². The molecule has 3 heterocycles. The predicted octanol–water partition coefficient (Wildman–Crippen LogP) is 2.29. The lowest BCUT2D eigenvalue weighted by Gasteiger charge is -2.30. The van der Waals surface area contributed by atoms with Gasteiger partial charge in [0.15, 0.2) is 5.82 Å². The van der Waals surface area contributed by atoms with E-state index in [9.17, 15) is 8.78 Å². The smallest absolute Gasteiger partial charge is 0.251 e. The largest absolute Gasteiger partial charge is 0.339 e. The molecule has 1 N–H and O–H groups in total. The van der Waals surface area contributed by atoms with Crippen LogP contribution >= 0.6 is 0 Å². The van der Waals surface area contributed by atoms with Crippen molar-refractivity contribution in [2.24, 2.45) is 5.92 Å². The van der Waals surface area contributed by atoms with E-state index in [-0.39, 0.29) is 6.54 Å². The molecule has 1 aliphatic rings. The monoisotopic (exact) mass is 311 g/mol. The lowest BCUT2D eigenvalue weighted by atomic mass is 9.93. The molecule has 0 aliphatic carbocycles. The highest BCUT2D eigenvalue weighted by Gasteiger charge is 2.23. The van der Waals surface area contributed by atoms with E-state index in [4.69, 9.17) is 4.52 Å². The highest BCUT2D eigenvalue weighted by atomic mass is 19.3. The van der Waals surface area contributed by atoms with Gasteiger partial charge in [-0.15, -0.1) is 0 Å². The Morgan fingerprint density at radius 2 is 2.18 bits per heavy atom. The van der Waals surface area contributed by atoms with Crippen LogP contribution in [0.4, 0.5) is 8.78 Å². The number of aryl methyl sites for hydroxylation is 1. The van der Waals surface area contributed by atoms with Gasteiger partial charge in [-0.1, -0.05) is 5.16 Å². The molecular formula is C14H19F2N5O. The van der Waals surface area contributed by atoms with E-state index in [1.165, 1.54) is 0 Å². The lowest BCUT2D eigenvalue weighted by Crippen LogP contribution is -2.37. The number of halogens is 2. The second kappa shape index (κ2) is 6.51. The van der Waals surface area contributed by atoms with Crippen LogP contribution in [0.25, 0.3) is 11.6 Å². The Morgan fingerprint density at radius 1 is 1.41 bits per heavy atom. The van der Waals surface area contributed by atoms with Crippen LogP contribution in [0.15, 0.2) is 10.7 Å². The number of nitrogens with zero attached hydrogens (tertiary/aromatic N) is 4. The average molecular weight is 311 g/mol. The van der Waals surface area contributed by atoms with Gasteiger partial charge in [0.05, 0.1) is 6.54 Å². The molecule has 1 aliphatic heterocycles. The quantitative estimate of drug-likeness (QED) is 0.917. The van der Waals surface area contributed by atoms with E-state index < -0.39 is 6.43 Å². The fraction of sp³-hybridized carbons (Fsp3) is 0.643. The molecule has 8 heteroatoms. The number of aromatic amines is 1. The highest BCUT2D eigenvalue weighted by Crippen LogP contribution is 2.22. The molecule has 0 radical (unpaired) electrons.